The molecule has 0 unspecified atom stereocenters. The van der Waals surface area contributed by atoms with E-state index in [0.29, 0.717) is 45.4 Å². The molecule has 2 heterocycles. The molecule has 7 nitrogen and oxygen atoms in total. The van der Waals surface area contributed by atoms with Crippen molar-refractivity contribution in [3.63, 3.8) is 0 Å². The third-order valence-corrected chi connectivity index (χ3v) is 7.28. The molecule has 1 aliphatic heterocycles. The molecule has 1 aliphatic rings. The van der Waals surface area contributed by atoms with Gasteiger partial charge >= 0.3 is 0 Å². The normalized spacial score (nSPS) is 12.4. The van der Waals surface area contributed by atoms with E-state index in [9.17, 15) is 9.59 Å². The van der Waals surface area contributed by atoms with Gasteiger partial charge in [0.25, 0.3) is 11.5 Å². The third-order valence-electron chi connectivity index (χ3n) is 6.25. The van der Waals surface area contributed by atoms with E-state index in [1.54, 1.807) is 28.8 Å². The van der Waals surface area contributed by atoms with Gasteiger partial charge in [-0.25, -0.2) is 4.98 Å². The van der Waals surface area contributed by atoms with Crippen LogP contribution in [0.1, 0.15) is 46.5 Å². The zero-order valence-corrected chi connectivity index (χ0v) is 22.1. The molecule has 0 bridgehead atoms. The second-order valence-corrected chi connectivity index (χ2v) is 10.5. The first-order valence-electron chi connectivity index (χ1n) is 12.2. The minimum Gasteiger partial charge on any atom is -0.454 e. The molecular formula is C29H29N3O4S. The Morgan fingerprint density at radius 1 is 1.05 bits per heavy atom. The number of benzene rings is 3. The molecule has 4 aromatic rings. The fraction of sp³-hybridized carbons (Fsp3) is 0.276. The van der Waals surface area contributed by atoms with Gasteiger partial charge in [-0.2, -0.15) is 0 Å². The van der Waals surface area contributed by atoms with Gasteiger partial charge < -0.3 is 14.8 Å². The molecule has 1 N–H and O–H groups in total. The quantitative estimate of drug-likeness (QED) is 0.268. The molecule has 0 saturated carbocycles. The molecular weight excluding hydrogens is 486 g/mol. The summed E-state index contributed by atoms with van der Waals surface area (Å²) in [7, 11) is 0. The maximum absolute atomic E-state index is 13.7. The number of amides is 1. The van der Waals surface area contributed by atoms with Crippen molar-refractivity contribution in [2.75, 3.05) is 6.79 Å². The Morgan fingerprint density at radius 3 is 2.51 bits per heavy atom. The highest BCUT2D eigenvalue weighted by atomic mass is 32.2. The number of hydrogen-bond acceptors (Lipinski definition) is 6. The van der Waals surface area contributed by atoms with Gasteiger partial charge in [0.05, 0.1) is 17.4 Å². The zero-order chi connectivity index (χ0) is 26.1. The van der Waals surface area contributed by atoms with Crippen molar-refractivity contribution >= 4 is 28.6 Å². The fourth-order valence-corrected chi connectivity index (χ4v) is 5.29. The van der Waals surface area contributed by atoms with Crippen LogP contribution in [-0.4, -0.2) is 28.3 Å². The number of fused-ring (bicyclic) bond motifs is 2. The lowest BCUT2D eigenvalue weighted by atomic mass is 10.1. The fourth-order valence-electron chi connectivity index (χ4n) is 4.23. The minimum absolute atomic E-state index is 0.0573. The first kappa shape index (κ1) is 24.9. The Labute approximate surface area is 219 Å². The van der Waals surface area contributed by atoms with E-state index in [2.05, 4.69) is 37.4 Å². The summed E-state index contributed by atoms with van der Waals surface area (Å²) in [6.45, 7) is 8.48. The maximum Gasteiger partial charge on any atom is 0.262 e. The number of aromatic nitrogens is 2. The second kappa shape index (κ2) is 10.3. The summed E-state index contributed by atoms with van der Waals surface area (Å²) in [6, 6.07) is 17.3. The van der Waals surface area contributed by atoms with Crippen LogP contribution in [0.5, 0.6) is 11.5 Å². The van der Waals surface area contributed by atoms with E-state index < -0.39 is 0 Å². The Hall–Kier alpha value is -3.78. The van der Waals surface area contributed by atoms with E-state index in [4.69, 9.17) is 14.5 Å². The lowest BCUT2D eigenvalue weighted by molar-refractivity contribution is 0.0943. The Morgan fingerprint density at radius 2 is 1.78 bits per heavy atom. The molecule has 0 saturated heterocycles. The van der Waals surface area contributed by atoms with E-state index in [-0.39, 0.29) is 24.3 Å². The molecule has 3 aromatic carbocycles. The summed E-state index contributed by atoms with van der Waals surface area (Å²) in [5.41, 5.74) is 5.52. The van der Waals surface area contributed by atoms with Gasteiger partial charge in [0.1, 0.15) is 0 Å². The van der Waals surface area contributed by atoms with Crippen molar-refractivity contribution in [1.82, 2.24) is 14.9 Å². The van der Waals surface area contributed by atoms with Crippen molar-refractivity contribution in [2.45, 2.75) is 51.2 Å². The Kier molecular flexibility index (Phi) is 6.93. The van der Waals surface area contributed by atoms with Crippen LogP contribution in [0.2, 0.25) is 0 Å². The average Bonchev–Trinajstić information content (AvgIpc) is 3.33. The molecule has 0 aliphatic carbocycles. The minimum atomic E-state index is -0.145. The van der Waals surface area contributed by atoms with Crippen LogP contribution in [0.4, 0.5) is 0 Å². The van der Waals surface area contributed by atoms with Gasteiger partial charge in [0.15, 0.2) is 16.7 Å². The van der Waals surface area contributed by atoms with Crippen LogP contribution in [-0.2, 0) is 12.3 Å². The number of carbonyl (C=O) groups excluding carboxylic acids is 1. The highest BCUT2D eigenvalue weighted by Crippen LogP contribution is 2.35. The van der Waals surface area contributed by atoms with Crippen molar-refractivity contribution < 1.29 is 14.3 Å². The van der Waals surface area contributed by atoms with Crippen LogP contribution >= 0.6 is 11.8 Å². The topological polar surface area (TPSA) is 82.5 Å². The lowest BCUT2D eigenvalue weighted by Crippen LogP contribution is -2.30. The van der Waals surface area contributed by atoms with Gasteiger partial charge in [0.2, 0.25) is 6.79 Å². The number of rotatable bonds is 7. The average molecular weight is 516 g/mol. The highest BCUT2D eigenvalue weighted by molar-refractivity contribution is 7.98. The molecule has 190 valence electrons. The maximum atomic E-state index is 13.7. The number of hydrogen-bond donors (Lipinski definition) is 1. The Bertz CT molecular complexity index is 1540. The number of aryl methyl sites for hydroxylation is 2. The molecule has 1 aromatic heterocycles. The van der Waals surface area contributed by atoms with E-state index in [1.807, 2.05) is 26.0 Å². The van der Waals surface area contributed by atoms with Gasteiger partial charge in [-0.15, -0.1) is 0 Å². The Balaban J connectivity index is 1.52. The number of nitrogens with zero attached hydrogens (tertiary/aromatic N) is 2. The van der Waals surface area contributed by atoms with Crippen LogP contribution in [0.15, 0.2) is 64.5 Å². The number of ether oxygens (including phenoxy) is 2. The van der Waals surface area contributed by atoms with Crippen molar-refractivity contribution in [1.29, 1.82) is 0 Å². The first-order chi connectivity index (χ1) is 17.8. The molecule has 8 heteroatoms. The first-order valence-corrected chi connectivity index (χ1v) is 13.2. The second-order valence-electron chi connectivity index (χ2n) is 9.55. The predicted molar refractivity (Wildman–Crippen MR) is 146 cm³/mol. The van der Waals surface area contributed by atoms with Crippen molar-refractivity contribution in [3.05, 3.63) is 92.8 Å². The lowest BCUT2D eigenvalue weighted by Gasteiger charge is -2.15. The number of carbonyl (C=O) groups is 1. The summed E-state index contributed by atoms with van der Waals surface area (Å²) in [5, 5.41) is 4.00. The summed E-state index contributed by atoms with van der Waals surface area (Å²) in [4.78, 5) is 31.0. The van der Waals surface area contributed by atoms with Gasteiger partial charge in [-0.3, -0.25) is 14.2 Å². The molecule has 0 fully saturated rings. The van der Waals surface area contributed by atoms with Crippen LogP contribution in [0.3, 0.4) is 0 Å². The molecule has 0 radical (unpaired) electrons. The summed E-state index contributed by atoms with van der Waals surface area (Å²) >= 11 is 1.54. The third kappa shape index (κ3) is 5.34. The summed E-state index contributed by atoms with van der Waals surface area (Å²) in [5.74, 6) is 1.71. The molecule has 0 spiro atoms. The van der Waals surface area contributed by atoms with E-state index in [0.717, 1.165) is 5.56 Å². The zero-order valence-electron chi connectivity index (χ0n) is 21.3. The smallest absolute Gasteiger partial charge is 0.262 e. The SMILES string of the molecule is Cc1ccc(C)c(CSc2nc3cc4c(cc3c(=O)n2Cc2ccc(C(=O)NC(C)C)cc2)OCO4)c1. The molecule has 1 amide bonds. The molecule has 0 atom stereocenters. The number of thioether (sulfide) groups is 1. The monoisotopic (exact) mass is 515 g/mol. The van der Waals surface area contributed by atoms with Crippen LogP contribution in [0, 0.1) is 13.8 Å². The van der Waals surface area contributed by atoms with Crippen LogP contribution < -0.4 is 20.3 Å². The van der Waals surface area contributed by atoms with Crippen molar-refractivity contribution in [2.24, 2.45) is 0 Å². The van der Waals surface area contributed by atoms with Crippen molar-refractivity contribution in [3.8, 4) is 11.5 Å². The van der Waals surface area contributed by atoms with Crippen LogP contribution in [0.25, 0.3) is 10.9 Å². The summed E-state index contributed by atoms with van der Waals surface area (Å²) < 4.78 is 12.7. The summed E-state index contributed by atoms with van der Waals surface area (Å²) in [6.07, 6.45) is 0. The molecule has 37 heavy (non-hydrogen) atoms. The molecule has 5 rings (SSSR count). The largest absolute Gasteiger partial charge is 0.454 e. The van der Waals surface area contributed by atoms with Gasteiger partial charge in [-0.05, 0) is 62.6 Å². The number of nitrogens with one attached hydrogen (secondary N) is 1. The predicted octanol–water partition coefficient (Wildman–Crippen LogP) is 5.22. The highest BCUT2D eigenvalue weighted by Gasteiger charge is 2.20. The van der Waals surface area contributed by atoms with Gasteiger partial charge in [0, 0.05) is 23.4 Å². The van der Waals surface area contributed by atoms with Gasteiger partial charge in [-0.1, -0.05) is 47.7 Å². The standard InChI is InChI=1S/C29H29N3O4S/c1-17(2)30-27(33)21-9-7-20(8-10-21)14-32-28(34)23-12-25-26(36-16-35-25)13-24(23)31-29(32)37-15-22-11-18(3)5-6-19(22)4/h5-13,17H,14-16H2,1-4H3,(H,30,33). The van der Waals surface area contributed by atoms with E-state index in [1.165, 1.54) is 28.5 Å². The van der Waals surface area contributed by atoms with E-state index >= 15 is 0 Å².